The van der Waals surface area contributed by atoms with Gasteiger partial charge in [0.1, 0.15) is 0 Å². The van der Waals surface area contributed by atoms with Gasteiger partial charge in [-0.05, 0) is 0 Å². The summed E-state index contributed by atoms with van der Waals surface area (Å²) >= 11 is 0. The molecule has 6 nitrogen and oxygen atoms in total. The van der Waals surface area contributed by atoms with E-state index in [1.807, 2.05) is 0 Å². The molecule has 0 spiro atoms. The third-order valence-corrected chi connectivity index (χ3v) is 1.66. The zero-order chi connectivity index (χ0) is 10.2. The molecule has 1 aromatic heterocycles. The maximum absolute atomic E-state index is 9.27. The third kappa shape index (κ3) is 4.31. The van der Waals surface area contributed by atoms with E-state index in [9.17, 15) is 5.11 Å². The Morgan fingerprint density at radius 2 is 2.57 bits per heavy atom. The molecule has 2 N–H and O–H groups in total. The number of aliphatic hydroxyl groups excluding tert-OH is 1. The van der Waals surface area contributed by atoms with Gasteiger partial charge in [0.05, 0.1) is 12.7 Å². The lowest BCUT2D eigenvalue weighted by atomic mass is 10.3. The topological polar surface area (TPSA) is 80.4 Å². The lowest BCUT2D eigenvalue weighted by molar-refractivity contribution is 0.0647. The van der Waals surface area contributed by atoms with Crippen LogP contribution in [0.1, 0.15) is 5.89 Å². The Labute approximate surface area is 82.3 Å². The van der Waals surface area contributed by atoms with Gasteiger partial charge >= 0.3 is 0 Å². The van der Waals surface area contributed by atoms with Crippen LogP contribution in [0.25, 0.3) is 0 Å². The van der Waals surface area contributed by atoms with Crippen LogP contribution < -0.4 is 5.32 Å². The maximum atomic E-state index is 9.27. The van der Waals surface area contributed by atoms with Crippen molar-refractivity contribution in [3.63, 3.8) is 0 Å². The smallest absolute Gasteiger partial charge is 0.227 e. The van der Waals surface area contributed by atoms with Crippen LogP contribution in [0.2, 0.25) is 0 Å². The number of rotatable bonds is 7. The van der Waals surface area contributed by atoms with Crippen molar-refractivity contribution < 1.29 is 14.4 Å². The number of hydrogen-bond acceptors (Lipinski definition) is 6. The first kappa shape index (κ1) is 11.1. The second-order valence-corrected chi connectivity index (χ2v) is 2.90. The summed E-state index contributed by atoms with van der Waals surface area (Å²) < 4.78 is 9.58. The van der Waals surface area contributed by atoms with Crippen molar-refractivity contribution in [1.82, 2.24) is 15.5 Å². The maximum Gasteiger partial charge on any atom is 0.227 e. The molecule has 1 aromatic rings. The first-order chi connectivity index (χ1) is 6.83. The molecule has 80 valence electrons. The molecule has 0 fully saturated rings. The number of hydrogen-bond donors (Lipinski definition) is 2. The highest BCUT2D eigenvalue weighted by Crippen LogP contribution is 1.90. The molecule has 0 aliphatic carbocycles. The highest BCUT2D eigenvalue weighted by molar-refractivity contribution is 4.75. The lowest BCUT2D eigenvalue weighted by Crippen LogP contribution is -2.31. The van der Waals surface area contributed by atoms with Crippen LogP contribution in [0.3, 0.4) is 0 Å². The fourth-order valence-electron chi connectivity index (χ4n) is 1.02. The van der Waals surface area contributed by atoms with Crippen LogP contribution in [0.15, 0.2) is 10.9 Å². The Balaban J connectivity index is 1.99. The Morgan fingerprint density at radius 3 is 3.21 bits per heavy atom. The SMILES string of the molecule is COCC(O)CNCCc1ncno1. The predicted molar refractivity (Wildman–Crippen MR) is 48.8 cm³/mol. The summed E-state index contributed by atoms with van der Waals surface area (Å²) in [6.07, 6.45) is 1.57. The van der Waals surface area contributed by atoms with Crippen LogP contribution in [0, 0.1) is 0 Å². The summed E-state index contributed by atoms with van der Waals surface area (Å²) in [5, 5.41) is 15.8. The Morgan fingerprint density at radius 1 is 1.71 bits per heavy atom. The zero-order valence-corrected chi connectivity index (χ0v) is 8.14. The van der Waals surface area contributed by atoms with Crippen LogP contribution >= 0.6 is 0 Å². The van der Waals surface area contributed by atoms with Crippen molar-refractivity contribution in [3.05, 3.63) is 12.2 Å². The van der Waals surface area contributed by atoms with Gasteiger partial charge < -0.3 is 19.7 Å². The summed E-state index contributed by atoms with van der Waals surface area (Å²) in [6, 6.07) is 0. The largest absolute Gasteiger partial charge is 0.389 e. The minimum absolute atomic E-state index is 0.341. The molecule has 0 radical (unpaired) electrons. The number of ether oxygens (including phenoxy) is 1. The van der Waals surface area contributed by atoms with Gasteiger partial charge in [-0.3, -0.25) is 0 Å². The summed E-state index contributed by atoms with van der Waals surface area (Å²) in [5.74, 6) is 0.596. The molecule has 1 unspecified atom stereocenters. The summed E-state index contributed by atoms with van der Waals surface area (Å²) in [7, 11) is 1.56. The molecule has 0 saturated carbocycles. The van der Waals surface area contributed by atoms with E-state index in [0.717, 1.165) is 0 Å². The Hall–Kier alpha value is -0.980. The van der Waals surface area contributed by atoms with E-state index in [-0.39, 0.29) is 0 Å². The molecule has 14 heavy (non-hydrogen) atoms. The number of nitrogens with one attached hydrogen (secondary N) is 1. The van der Waals surface area contributed by atoms with Crippen LogP contribution in [-0.2, 0) is 11.2 Å². The summed E-state index contributed by atoms with van der Waals surface area (Å²) in [6.45, 7) is 1.54. The van der Waals surface area contributed by atoms with E-state index in [2.05, 4.69) is 15.5 Å². The highest BCUT2D eigenvalue weighted by atomic mass is 16.5. The average molecular weight is 201 g/mol. The second kappa shape index (κ2) is 6.47. The molecule has 1 rings (SSSR count). The quantitative estimate of drug-likeness (QED) is 0.563. The van der Waals surface area contributed by atoms with Crippen molar-refractivity contribution in [2.75, 3.05) is 26.8 Å². The van der Waals surface area contributed by atoms with Gasteiger partial charge in [0.25, 0.3) is 0 Å². The van der Waals surface area contributed by atoms with Gasteiger partial charge in [-0.15, -0.1) is 0 Å². The third-order valence-electron chi connectivity index (χ3n) is 1.66. The fraction of sp³-hybridized carbons (Fsp3) is 0.750. The van der Waals surface area contributed by atoms with Crippen molar-refractivity contribution >= 4 is 0 Å². The molecular formula is C8H15N3O3. The molecular weight excluding hydrogens is 186 g/mol. The van der Waals surface area contributed by atoms with Crippen LogP contribution in [0.5, 0.6) is 0 Å². The van der Waals surface area contributed by atoms with E-state index in [4.69, 9.17) is 9.26 Å². The van der Waals surface area contributed by atoms with E-state index in [1.54, 1.807) is 7.11 Å². The number of methoxy groups -OCH3 is 1. The van der Waals surface area contributed by atoms with E-state index < -0.39 is 6.10 Å². The van der Waals surface area contributed by atoms with Crippen molar-refractivity contribution in [2.24, 2.45) is 0 Å². The van der Waals surface area contributed by atoms with E-state index >= 15 is 0 Å². The lowest BCUT2D eigenvalue weighted by Gasteiger charge is -2.09. The average Bonchev–Trinajstić information content (AvgIpc) is 2.65. The molecule has 0 aliphatic heterocycles. The second-order valence-electron chi connectivity index (χ2n) is 2.90. The first-order valence-electron chi connectivity index (χ1n) is 4.46. The van der Waals surface area contributed by atoms with E-state index in [0.29, 0.717) is 32.0 Å². The van der Waals surface area contributed by atoms with Gasteiger partial charge in [-0.1, -0.05) is 5.16 Å². The van der Waals surface area contributed by atoms with Gasteiger partial charge in [-0.25, -0.2) is 0 Å². The molecule has 6 heteroatoms. The van der Waals surface area contributed by atoms with Crippen LogP contribution in [-0.4, -0.2) is 48.2 Å². The van der Waals surface area contributed by atoms with Gasteiger partial charge in [0.15, 0.2) is 6.33 Å². The number of aliphatic hydroxyl groups is 1. The van der Waals surface area contributed by atoms with Crippen molar-refractivity contribution in [2.45, 2.75) is 12.5 Å². The predicted octanol–water partition coefficient (Wildman–Crippen LogP) is -0.791. The summed E-state index contributed by atoms with van der Waals surface area (Å²) in [5.41, 5.74) is 0. The monoisotopic (exact) mass is 201 g/mol. The highest BCUT2D eigenvalue weighted by Gasteiger charge is 2.03. The van der Waals surface area contributed by atoms with E-state index in [1.165, 1.54) is 6.33 Å². The molecule has 0 aromatic carbocycles. The zero-order valence-electron chi connectivity index (χ0n) is 8.14. The fourth-order valence-corrected chi connectivity index (χ4v) is 1.02. The minimum Gasteiger partial charge on any atom is -0.389 e. The van der Waals surface area contributed by atoms with Crippen LogP contribution in [0.4, 0.5) is 0 Å². The number of nitrogens with zero attached hydrogens (tertiary/aromatic N) is 2. The normalized spacial score (nSPS) is 13.0. The Bertz CT molecular complexity index is 228. The molecule has 0 amide bonds. The molecule has 1 heterocycles. The molecule has 1 atom stereocenters. The Kier molecular flexibility index (Phi) is 5.13. The summed E-state index contributed by atoms with van der Waals surface area (Å²) in [4.78, 5) is 3.86. The minimum atomic E-state index is -0.470. The number of aromatic nitrogens is 2. The standard InChI is InChI=1S/C8H15N3O3/c1-13-5-7(12)4-9-3-2-8-10-6-11-14-8/h6-7,9,12H,2-5H2,1H3. The van der Waals surface area contributed by atoms with Gasteiger partial charge in [0, 0.05) is 26.6 Å². The van der Waals surface area contributed by atoms with Gasteiger partial charge in [0.2, 0.25) is 5.89 Å². The molecule has 0 bridgehead atoms. The molecule has 0 saturated heterocycles. The molecule has 0 aliphatic rings. The van der Waals surface area contributed by atoms with Gasteiger partial charge in [-0.2, -0.15) is 4.98 Å². The van der Waals surface area contributed by atoms with Crippen molar-refractivity contribution in [3.8, 4) is 0 Å². The first-order valence-corrected chi connectivity index (χ1v) is 4.46. The van der Waals surface area contributed by atoms with Crippen molar-refractivity contribution in [1.29, 1.82) is 0 Å².